The first-order valence-electron chi connectivity index (χ1n) is 2.10. The van der Waals surface area contributed by atoms with Crippen molar-refractivity contribution in [3.05, 3.63) is 35.4 Å². The highest BCUT2D eigenvalue weighted by Crippen LogP contribution is 2.03. The lowest BCUT2D eigenvalue weighted by Crippen LogP contribution is -1.55. The van der Waals surface area contributed by atoms with Gasteiger partial charge in [-0.05, 0) is 12.1 Å². The first kappa shape index (κ1) is 22.6. The molecule has 0 aliphatic heterocycles. The Hall–Kier alpha value is 0.810. The predicted octanol–water partition coefficient (Wildman–Crippen LogP) is 3.66. The van der Waals surface area contributed by atoms with E-state index in [0.29, 0.717) is 0 Å². The standard InChI is InChI=1S/C6H5Cl.3ClH.H3P/c7-6-4-2-1-3-5-6;;;;/h1-5H;3*1H;1H3. The number of hydrogen-bond donors (Lipinski definition) is 0. The van der Waals surface area contributed by atoms with Gasteiger partial charge < -0.3 is 0 Å². The summed E-state index contributed by atoms with van der Waals surface area (Å²) in [6.07, 6.45) is 0. The molecule has 1 aromatic rings. The summed E-state index contributed by atoms with van der Waals surface area (Å²) in [6.45, 7) is 0. The Bertz CT molecular complexity index is 145. The van der Waals surface area contributed by atoms with Gasteiger partial charge in [-0.25, -0.2) is 0 Å². The minimum atomic E-state index is 0. The molecule has 0 aromatic heterocycles. The molecule has 68 valence electrons. The van der Waals surface area contributed by atoms with Crippen LogP contribution in [0, 0.1) is 0 Å². The molecule has 0 nitrogen and oxygen atoms in total. The van der Waals surface area contributed by atoms with Crippen molar-refractivity contribution in [2.24, 2.45) is 0 Å². The van der Waals surface area contributed by atoms with Gasteiger partial charge in [0.05, 0.1) is 0 Å². The molecule has 0 bridgehead atoms. The van der Waals surface area contributed by atoms with Gasteiger partial charge in [-0.1, -0.05) is 29.8 Å². The zero-order valence-electron chi connectivity index (χ0n) is 5.70. The normalized spacial score (nSPS) is 5.55. The van der Waals surface area contributed by atoms with E-state index in [2.05, 4.69) is 0 Å². The van der Waals surface area contributed by atoms with Gasteiger partial charge >= 0.3 is 0 Å². The zero-order valence-corrected chi connectivity index (χ0v) is 10.3. The Labute approximate surface area is 93.9 Å². The van der Waals surface area contributed by atoms with E-state index in [0.717, 1.165) is 5.02 Å². The molecule has 0 amide bonds. The van der Waals surface area contributed by atoms with Crippen molar-refractivity contribution in [2.45, 2.75) is 0 Å². The van der Waals surface area contributed by atoms with Crippen molar-refractivity contribution in [1.82, 2.24) is 0 Å². The molecule has 11 heavy (non-hydrogen) atoms. The lowest BCUT2D eigenvalue weighted by Gasteiger charge is -1.80. The maximum Gasteiger partial charge on any atom is 0.0405 e. The van der Waals surface area contributed by atoms with Crippen molar-refractivity contribution in [3.8, 4) is 0 Å². The molecule has 0 saturated heterocycles. The fourth-order valence-corrected chi connectivity index (χ4v) is 0.560. The molecule has 0 heterocycles. The summed E-state index contributed by atoms with van der Waals surface area (Å²) in [5.41, 5.74) is 0. The van der Waals surface area contributed by atoms with E-state index in [4.69, 9.17) is 11.6 Å². The molecule has 0 N–H and O–H groups in total. The molecule has 0 fully saturated rings. The summed E-state index contributed by atoms with van der Waals surface area (Å²) in [5, 5.41) is 0.794. The van der Waals surface area contributed by atoms with Crippen LogP contribution in [-0.4, -0.2) is 0 Å². The van der Waals surface area contributed by atoms with Crippen molar-refractivity contribution >= 4 is 58.7 Å². The third-order valence-electron chi connectivity index (χ3n) is 0.733. The number of benzene rings is 1. The highest BCUT2D eigenvalue weighted by molar-refractivity contribution is 6.92. The maximum absolute atomic E-state index is 5.54. The minimum Gasteiger partial charge on any atom is -0.153 e. The average molecular weight is 256 g/mol. The highest BCUT2D eigenvalue weighted by atomic mass is 35.5. The second-order valence-electron chi connectivity index (χ2n) is 1.30. The molecule has 1 aromatic carbocycles. The predicted molar refractivity (Wildman–Crippen MR) is 64.3 cm³/mol. The smallest absolute Gasteiger partial charge is 0.0405 e. The summed E-state index contributed by atoms with van der Waals surface area (Å²) in [6, 6.07) is 9.44. The third-order valence-corrected chi connectivity index (χ3v) is 0.985. The summed E-state index contributed by atoms with van der Waals surface area (Å²) in [7, 11) is 0. The first-order valence-corrected chi connectivity index (χ1v) is 2.48. The van der Waals surface area contributed by atoms with Crippen LogP contribution in [0.15, 0.2) is 30.3 Å². The lowest BCUT2D eigenvalue weighted by atomic mass is 10.4. The molecular weight excluding hydrogens is 245 g/mol. The quantitative estimate of drug-likeness (QED) is 0.621. The second kappa shape index (κ2) is 13.4. The van der Waals surface area contributed by atoms with Gasteiger partial charge in [0.1, 0.15) is 0 Å². The molecule has 1 rings (SSSR count). The summed E-state index contributed by atoms with van der Waals surface area (Å²) in [4.78, 5) is 0. The van der Waals surface area contributed by atoms with Gasteiger partial charge in [-0.15, -0.1) is 37.2 Å². The van der Waals surface area contributed by atoms with Gasteiger partial charge in [0.25, 0.3) is 0 Å². The molecule has 0 aliphatic carbocycles. The van der Waals surface area contributed by atoms with E-state index in [1.165, 1.54) is 0 Å². The Balaban J connectivity index is -0.0000000612. The molecule has 1 unspecified atom stereocenters. The molecule has 0 aliphatic rings. The lowest BCUT2D eigenvalue weighted by molar-refractivity contribution is 1.71. The number of rotatable bonds is 0. The van der Waals surface area contributed by atoms with E-state index in [1.807, 2.05) is 30.3 Å². The number of hydrogen-bond acceptors (Lipinski definition) is 0. The van der Waals surface area contributed by atoms with Crippen LogP contribution in [0.25, 0.3) is 0 Å². The largest absolute Gasteiger partial charge is 0.153 e. The van der Waals surface area contributed by atoms with E-state index in [1.54, 1.807) is 0 Å². The Morgan fingerprint density at radius 2 is 1.18 bits per heavy atom. The van der Waals surface area contributed by atoms with Crippen LogP contribution in [0.5, 0.6) is 0 Å². The minimum absolute atomic E-state index is 0. The van der Waals surface area contributed by atoms with Crippen molar-refractivity contribution in [3.63, 3.8) is 0 Å². The summed E-state index contributed by atoms with van der Waals surface area (Å²) in [5.74, 6) is 0. The average Bonchev–Trinajstić information content (AvgIpc) is 1.69. The fourth-order valence-electron chi connectivity index (χ4n) is 0.415. The third kappa shape index (κ3) is 10.8. The van der Waals surface area contributed by atoms with Gasteiger partial charge in [0, 0.05) is 5.02 Å². The van der Waals surface area contributed by atoms with Gasteiger partial charge in [-0.3, -0.25) is 0 Å². The Kier molecular flexibility index (Phi) is 27.6. The highest BCUT2D eigenvalue weighted by Gasteiger charge is 1.74. The molecule has 0 radical (unpaired) electrons. The summed E-state index contributed by atoms with van der Waals surface area (Å²) >= 11 is 5.54. The van der Waals surface area contributed by atoms with Crippen molar-refractivity contribution in [1.29, 1.82) is 0 Å². The van der Waals surface area contributed by atoms with Crippen LogP contribution in [0.3, 0.4) is 0 Å². The second-order valence-corrected chi connectivity index (χ2v) is 1.73. The van der Waals surface area contributed by atoms with Crippen LogP contribution in [0.1, 0.15) is 0 Å². The first-order chi connectivity index (χ1) is 3.39. The Morgan fingerprint density at radius 3 is 1.36 bits per heavy atom. The van der Waals surface area contributed by atoms with Gasteiger partial charge in [-0.2, -0.15) is 9.90 Å². The fraction of sp³-hybridized carbons (Fsp3) is 0. The summed E-state index contributed by atoms with van der Waals surface area (Å²) < 4.78 is 0. The van der Waals surface area contributed by atoms with E-state index in [9.17, 15) is 0 Å². The molecule has 5 heteroatoms. The van der Waals surface area contributed by atoms with Crippen LogP contribution in [0.2, 0.25) is 5.02 Å². The van der Waals surface area contributed by atoms with Crippen molar-refractivity contribution in [2.75, 3.05) is 0 Å². The van der Waals surface area contributed by atoms with Crippen LogP contribution in [0.4, 0.5) is 0 Å². The van der Waals surface area contributed by atoms with Crippen LogP contribution >= 0.6 is 58.7 Å². The van der Waals surface area contributed by atoms with Crippen molar-refractivity contribution < 1.29 is 0 Å². The molecule has 0 saturated carbocycles. The SMILES string of the molecule is Cl.Cl.Cl.Clc1ccccc1.P. The Morgan fingerprint density at radius 1 is 0.818 bits per heavy atom. The van der Waals surface area contributed by atoms with E-state index in [-0.39, 0.29) is 47.1 Å². The number of halogens is 4. The molecule has 0 spiro atoms. The van der Waals surface area contributed by atoms with E-state index < -0.39 is 0 Å². The topological polar surface area (TPSA) is 0 Å². The monoisotopic (exact) mass is 254 g/mol. The van der Waals surface area contributed by atoms with E-state index >= 15 is 0 Å². The van der Waals surface area contributed by atoms with Gasteiger partial charge in [0.15, 0.2) is 0 Å². The van der Waals surface area contributed by atoms with Crippen LogP contribution in [-0.2, 0) is 0 Å². The maximum atomic E-state index is 5.54. The molecular formula is C6H11Cl4P. The zero-order chi connectivity index (χ0) is 5.11. The molecule has 1 atom stereocenters. The van der Waals surface area contributed by atoms with Crippen LogP contribution < -0.4 is 0 Å². The van der Waals surface area contributed by atoms with Gasteiger partial charge in [0.2, 0.25) is 0 Å².